The number of carboxylic acids is 1. The molecule has 144 valence electrons. The van der Waals surface area contributed by atoms with Crippen molar-refractivity contribution >= 4 is 44.4 Å². The third kappa shape index (κ3) is 6.08. The van der Waals surface area contributed by atoms with E-state index >= 15 is 0 Å². The molecule has 0 unspecified atom stereocenters. The molecule has 1 heterocycles. The predicted octanol–water partition coefficient (Wildman–Crippen LogP) is 6.68. The van der Waals surface area contributed by atoms with Crippen LogP contribution in [0, 0.1) is 5.82 Å². The molecule has 27 heavy (non-hydrogen) atoms. The molecule has 0 amide bonds. The monoisotopic (exact) mass is 453 g/mol. The highest BCUT2D eigenvalue weighted by Crippen LogP contribution is 2.30. The molecule has 0 aliphatic rings. The van der Waals surface area contributed by atoms with Crippen molar-refractivity contribution in [2.24, 2.45) is 0 Å². The number of benzene rings is 2. The van der Waals surface area contributed by atoms with Crippen molar-refractivity contribution in [1.82, 2.24) is 4.57 Å². The van der Waals surface area contributed by atoms with Gasteiger partial charge in [0, 0.05) is 34.0 Å². The Hall–Kier alpha value is -1.85. The smallest absolute Gasteiger partial charge is 0.300 e. The summed E-state index contributed by atoms with van der Waals surface area (Å²) >= 11 is 9.50. The average Bonchev–Trinajstić information content (AvgIpc) is 2.92. The molecule has 0 atom stereocenters. The van der Waals surface area contributed by atoms with Gasteiger partial charge >= 0.3 is 0 Å². The van der Waals surface area contributed by atoms with Crippen LogP contribution in [0.3, 0.4) is 0 Å². The Morgan fingerprint density at radius 1 is 1.22 bits per heavy atom. The summed E-state index contributed by atoms with van der Waals surface area (Å²) in [4.78, 5) is 9.00. The zero-order chi connectivity index (χ0) is 20.0. The zero-order valence-electron chi connectivity index (χ0n) is 15.3. The van der Waals surface area contributed by atoms with Crippen LogP contribution >= 0.6 is 27.5 Å². The minimum atomic E-state index is -0.833. The Labute approximate surface area is 171 Å². The minimum absolute atomic E-state index is 0.213. The number of carbonyl (C=O) groups is 1. The lowest BCUT2D eigenvalue weighted by Gasteiger charge is -2.12. The van der Waals surface area contributed by atoms with Crippen molar-refractivity contribution in [3.05, 3.63) is 69.0 Å². The Balaban J connectivity index is 0.000000596. The van der Waals surface area contributed by atoms with E-state index in [-0.39, 0.29) is 5.82 Å². The highest BCUT2D eigenvalue weighted by Gasteiger charge is 2.13. The Kier molecular flexibility index (Phi) is 7.87. The molecule has 3 aromatic rings. The molecule has 3 rings (SSSR count). The van der Waals surface area contributed by atoms with E-state index in [1.165, 1.54) is 17.3 Å². The highest BCUT2D eigenvalue weighted by atomic mass is 79.9. The summed E-state index contributed by atoms with van der Waals surface area (Å²) in [5, 5.41) is 9.09. The number of hydrogen-bond donors (Lipinski definition) is 1. The Morgan fingerprint density at radius 2 is 1.85 bits per heavy atom. The number of unbranched alkanes of at least 4 members (excludes halogenated alkanes) is 1. The molecule has 1 N–H and O–H groups in total. The van der Waals surface area contributed by atoms with Crippen molar-refractivity contribution in [2.75, 3.05) is 0 Å². The summed E-state index contributed by atoms with van der Waals surface area (Å²) in [6, 6.07) is 13.1. The van der Waals surface area contributed by atoms with E-state index < -0.39 is 5.97 Å². The number of carboxylic acid groups (broad SMARTS) is 1. The molecule has 0 saturated carbocycles. The maximum atomic E-state index is 13.7. The normalized spacial score (nSPS) is 10.6. The van der Waals surface area contributed by atoms with Gasteiger partial charge in [0.15, 0.2) is 0 Å². The van der Waals surface area contributed by atoms with Gasteiger partial charge in [-0.05, 0) is 64.7 Å². The first kappa shape index (κ1) is 21.5. The van der Waals surface area contributed by atoms with Crippen molar-refractivity contribution < 1.29 is 14.3 Å². The fourth-order valence-corrected chi connectivity index (χ4v) is 3.69. The van der Waals surface area contributed by atoms with E-state index in [2.05, 4.69) is 33.5 Å². The van der Waals surface area contributed by atoms with Gasteiger partial charge in [-0.15, -0.1) is 0 Å². The average molecular weight is 455 g/mol. The van der Waals surface area contributed by atoms with E-state index in [9.17, 15) is 4.39 Å². The van der Waals surface area contributed by atoms with E-state index in [0.29, 0.717) is 0 Å². The molecule has 0 fully saturated rings. The lowest BCUT2D eigenvalue weighted by atomic mass is 10.2. The van der Waals surface area contributed by atoms with Crippen LogP contribution in [0.15, 0.2) is 46.9 Å². The minimum Gasteiger partial charge on any atom is -0.481 e. The second-order valence-corrected chi connectivity index (χ2v) is 7.59. The summed E-state index contributed by atoms with van der Waals surface area (Å²) < 4.78 is 16.8. The second-order valence-electron chi connectivity index (χ2n) is 6.30. The van der Waals surface area contributed by atoms with Crippen molar-refractivity contribution in [3.8, 4) is 0 Å². The fourth-order valence-electron chi connectivity index (χ4n) is 2.90. The van der Waals surface area contributed by atoms with Crippen LogP contribution in [-0.2, 0) is 17.8 Å². The summed E-state index contributed by atoms with van der Waals surface area (Å²) in [5.74, 6) is -1.05. The number of nitrogens with zero attached hydrogens (tertiary/aromatic N) is 1. The van der Waals surface area contributed by atoms with Gasteiger partial charge in [-0.25, -0.2) is 4.39 Å². The van der Waals surface area contributed by atoms with E-state index in [4.69, 9.17) is 21.5 Å². The summed E-state index contributed by atoms with van der Waals surface area (Å²) in [6.07, 6.45) is 3.25. The molecule has 0 bridgehead atoms. The summed E-state index contributed by atoms with van der Waals surface area (Å²) in [5.41, 5.74) is 3.47. The van der Waals surface area contributed by atoms with Gasteiger partial charge in [-0.1, -0.05) is 37.1 Å². The van der Waals surface area contributed by atoms with Gasteiger partial charge in [-0.2, -0.15) is 0 Å². The molecule has 0 radical (unpaired) electrons. The predicted molar refractivity (Wildman–Crippen MR) is 112 cm³/mol. The Morgan fingerprint density at radius 3 is 2.44 bits per heavy atom. The number of aryl methyl sites for hydroxylation is 1. The van der Waals surface area contributed by atoms with E-state index in [1.807, 2.05) is 24.3 Å². The Bertz CT molecular complexity index is 918. The standard InChI is InChI=1S/C19H18BrClFN.C2H4O2/c1-2-3-4-17-10-14-9-16(22)11-18(20)19(14)23(17)12-13-5-7-15(21)8-6-13;1-2(3)4/h5-11H,2-4,12H2,1H3;1H3,(H,3,4). The zero-order valence-corrected chi connectivity index (χ0v) is 17.6. The van der Waals surface area contributed by atoms with Crippen molar-refractivity contribution in [1.29, 1.82) is 0 Å². The van der Waals surface area contributed by atoms with Crippen LogP contribution in [0.25, 0.3) is 10.9 Å². The van der Waals surface area contributed by atoms with Crippen LogP contribution < -0.4 is 0 Å². The number of rotatable bonds is 5. The first-order chi connectivity index (χ1) is 12.8. The lowest BCUT2D eigenvalue weighted by Crippen LogP contribution is -2.05. The van der Waals surface area contributed by atoms with Crippen LogP contribution in [0.1, 0.15) is 37.9 Å². The van der Waals surface area contributed by atoms with Gasteiger partial charge in [0.25, 0.3) is 5.97 Å². The van der Waals surface area contributed by atoms with Gasteiger partial charge in [0.1, 0.15) is 5.82 Å². The molecule has 1 aromatic heterocycles. The van der Waals surface area contributed by atoms with Gasteiger partial charge in [0.2, 0.25) is 0 Å². The number of halogens is 3. The molecule has 0 spiro atoms. The maximum absolute atomic E-state index is 13.7. The SMILES string of the molecule is CC(=O)O.CCCCc1cc2cc(F)cc(Br)c2n1Cc1ccc(Cl)cc1. The van der Waals surface area contributed by atoms with Gasteiger partial charge in [0.05, 0.1) is 5.52 Å². The molecular weight excluding hydrogens is 433 g/mol. The van der Waals surface area contributed by atoms with E-state index in [0.717, 1.165) is 53.1 Å². The first-order valence-electron chi connectivity index (χ1n) is 8.73. The fraction of sp³-hybridized carbons (Fsp3) is 0.286. The molecule has 0 saturated heterocycles. The second kappa shape index (κ2) is 9.90. The largest absolute Gasteiger partial charge is 0.481 e. The van der Waals surface area contributed by atoms with Crippen LogP contribution in [0.5, 0.6) is 0 Å². The summed E-state index contributed by atoms with van der Waals surface area (Å²) in [6.45, 7) is 4.02. The van der Waals surface area contributed by atoms with Crippen LogP contribution in [0.2, 0.25) is 5.02 Å². The topological polar surface area (TPSA) is 42.2 Å². The molecule has 0 aliphatic heterocycles. The number of hydrogen-bond acceptors (Lipinski definition) is 1. The quantitative estimate of drug-likeness (QED) is 0.467. The molecule has 2 aromatic carbocycles. The van der Waals surface area contributed by atoms with Crippen molar-refractivity contribution in [2.45, 2.75) is 39.7 Å². The maximum Gasteiger partial charge on any atom is 0.300 e. The van der Waals surface area contributed by atoms with Gasteiger partial charge < -0.3 is 9.67 Å². The highest BCUT2D eigenvalue weighted by molar-refractivity contribution is 9.10. The first-order valence-corrected chi connectivity index (χ1v) is 9.90. The van der Waals surface area contributed by atoms with Crippen LogP contribution in [0.4, 0.5) is 4.39 Å². The molecule has 6 heteroatoms. The third-order valence-electron chi connectivity index (χ3n) is 4.04. The van der Waals surface area contributed by atoms with E-state index in [1.54, 1.807) is 6.07 Å². The molecular formula is C21H22BrClFNO2. The number of fused-ring (bicyclic) bond motifs is 1. The lowest BCUT2D eigenvalue weighted by molar-refractivity contribution is -0.134. The number of aromatic nitrogens is 1. The van der Waals surface area contributed by atoms with Crippen molar-refractivity contribution in [3.63, 3.8) is 0 Å². The van der Waals surface area contributed by atoms with Gasteiger partial charge in [-0.3, -0.25) is 4.79 Å². The molecule has 3 nitrogen and oxygen atoms in total. The third-order valence-corrected chi connectivity index (χ3v) is 4.89. The molecule has 0 aliphatic carbocycles. The summed E-state index contributed by atoms with van der Waals surface area (Å²) in [7, 11) is 0. The number of aliphatic carboxylic acids is 1. The van der Waals surface area contributed by atoms with Crippen LogP contribution in [-0.4, -0.2) is 15.6 Å².